The van der Waals surface area contributed by atoms with E-state index in [2.05, 4.69) is 0 Å². The number of nitrogens with zero attached hydrogens (tertiary/aromatic N) is 3. The maximum Gasteiger partial charge on any atom is 0.0652 e. The third kappa shape index (κ3) is 5.60. The van der Waals surface area contributed by atoms with Crippen LogP contribution in [0, 0.1) is 0 Å². The van der Waals surface area contributed by atoms with Crippen molar-refractivity contribution >= 4 is 65.4 Å². The van der Waals surface area contributed by atoms with E-state index < -0.39 is 166 Å². The van der Waals surface area contributed by atoms with Gasteiger partial charge >= 0.3 is 0 Å². The second-order valence-corrected chi connectivity index (χ2v) is 14.9. The molecule has 0 bridgehead atoms. The van der Waals surface area contributed by atoms with Gasteiger partial charge in [0.15, 0.2) is 0 Å². The molecule has 13 aromatic rings. The third-order valence-corrected chi connectivity index (χ3v) is 11.4. The quantitative estimate of drug-likeness (QED) is 0.159. The molecule has 0 saturated heterocycles. The molecule has 0 aliphatic heterocycles. The summed E-state index contributed by atoms with van der Waals surface area (Å²) in [6.07, 6.45) is 0. The van der Waals surface area contributed by atoms with Crippen molar-refractivity contribution in [2.75, 3.05) is 0 Å². The van der Waals surface area contributed by atoms with E-state index in [1.54, 1.807) is 48.5 Å². The minimum Gasteiger partial charge on any atom is -0.309 e. The van der Waals surface area contributed by atoms with Crippen molar-refractivity contribution in [3.05, 3.63) is 236 Å². The molecule has 0 saturated carbocycles. The van der Waals surface area contributed by atoms with Gasteiger partial charge in [-0.05, 0) is 118 Å². The van der Waals surface area contributed by atoms with Gasteiger partial charge in [0.25, 0.3) is 0 Å². The Bertz CT molecular complexity index is 5110. The summed E-state index contributed by atoms with van der Waals surface area (Å²) >= 11 is 0. The summed E-state index contributed by atoms with van der Waals surface area (Å²) < 4.78 is 201. The molecule has 0 aliphatic carbocycles. The first kappa shape index (κ1) is 20.4. The lowest BCUT2D eigenvalue weighted by Crippen LogP contribution is -1.96. The van der Waals surface area contributed by atoms with Gasteiger partial charge in [-0.1, -0.05) is 151 Å². The van der Waals surface area contributed by atoms with Crippen LogP contribution in [-0.2, 0) is 0 Å². The lowest BCUT2D eigenvalue weighted by molar-refractivity contribution is 1.17. The molecule has 63 heavy (non-hydrogen) atoms. The molecule has 0 atom stereocenters. The number of para-hydroxylation sites is 3. The lowest BCUT2D eigenvalue weighted by Gasteiger charge is -2.11. The van der Waals surface area contributed by atoms with Crippen LogP contribution in [0.1, 0.15) is 28.8 Å². The number of hydrogen-bond donors (Lipinski definition) is 0. The van der Waals surface area contributed by atoms with Gasteiger partial charge in [-0.25, -0.2) is 0 Å². The van der Waals surface area contributed by atoms with E-state index >= 15 is 0 Å². The van der Waals surface area contributed by atoms with Gasteiger partial charge in [0, 0.05) is 49.4 Å². The van der Waals surface area contributed by atoms with Crippen LogP contribution in [0.2, 0.25) is 0 Å². The number of benzene rings is 10. The Hall–Kier alpha value is -8.40. The van der Waals surface area contributed by atoms with E-state index in [0.717, 1.165) is 26.8 Å². The first-order valence-corrected chi connectivity index (χ1v) is 20.0. The maximum atomic E-state index is 10.1. The highest BCUT2D eigenvalue weighted by Crippen LogP contribution is 2.40. The van der Waals surface area contributed by atoms with Gasteiger partial charge in [0.2, 0.25) is 0 Å². The molecule has 13 rings (SSSR count). The zero-order chi connectivity index (χ0) is 59.7. The average Bonchev–Trinajstić information content (AvgIpc) is 1.59. The number of hydrogen-bond acceptors (Lipinski definition) is 0. The molecule has 0 unspecified atom stereocenters. The zero-order valence-corrected chi connectivity index (χ0v) is 32.7. The highest BCUT2D eigenvalue weighted by atomic mass is 15.0. The van der Waals surface area contributed by atoms with Gasteiger partial charge in [0.1, 0.15) is 0 Å². The van der Waals surface area contributed by atoms with Gasteiger partial charge < -0.3 is 13.7 Å². The van der Waals surface area contributed by atoms with Gasteiger partial charge in [-0.2, -0.15) is 0 Å². The minimum atomic E-state index is -0.885. The van der Waals surface area contributed by atoms with E-state index in [1.165, 1.54) is 9.13 Å². The van der Waals surface area contributed by atoms with Crippen LogP contribution in [0.15, 0.2) is 236 Å². The third-order valence-electron chi connectivity index (χ3n) is 11.4. The van der Waals surface area contributed by atoms with Crippen LogP contribution < -0.4 is 0 Å². The first-order chi connectivity index (χ1) is 40.0. The van der Waals surface area contributed by atoms with Crippen molar-refractivity contribution in [1.29, 1.82) is 0 Å². The van der Waals surface area contributed by atoms with Gasteiger partial charge in [-0.3, -0.25) is 0 Å². The molecule has 3 aromatic heterocycles. The standard InChI is InChI=1S/C60H39N3/c1-3-13-40(14-4-1)42-23-29-46(30-24-42)61-55-20-10-7-17-49(55)52-37-44(27-34-58(52)61)45-28-35-59-53(38-45)50-18-8-12-22-57(50)63(59)48-33-36-60-54(39-48)51-19-9-11-21-56(51)62(60)47-31-25-43(26-32-47)41-15-5-2-6-16-41/h1-39H/i7D,8D,9D,10D,11D,12D,17D,18D,19D,20D,21D,22D,27D,28D,33D,34D,35D,36D,37D,38D,39D. The van der Waals surface area contributed by atoms with Crippen molar-refractivity contribution in [2.45, 2.75) is 0 Å². The highest BCUT2D eigenvalue weighted by molar-refractivity contribution is 6.14. The Kier molecular flexibility index (Phi) is 4.57. The molecule has 3 heteroatoms. The smallest absolute Gasteiger partial charge is 0.0652 e. The summed E-state index contributed by atoms with van der Waals surface area (Å²) in [7, 11) is 0. The SMILES string of the molecule is [2H]c1c([2H])c([2H])c2c(c1[2H])c1c([2H])c(-c3c([2H])c([2H])c4c(c3[2H])c3c([2H])c([2H])c([2H])c([2H])c3n4-c3c([2H])c([2H])c4c(c3[2H])c3c([2H])c([2H])c([2H])c([2H])c3n4-c3ccc(-c4ccccc4)cc3)c([2H])c([2H])c1n2-c1ccc(-c2ccccc2)cc1. The van der Waals surface area contributed by atoms with Crippen molar-refractivity contribution in [2.24, 2.45) is 0 Å². The summed E-state index contributed by atoms with van der Waals surface area (Å²) in [6.45, 7) is 0. The Labute approximate surface area is 394 Å². The summed E-state index contributed by atoms with van der Waals surface area (Å²) in [5.41, 5.74) is 0.362. The molecular weight excluding hydrogens is 763 g/mol. The minimum absolute atomic E-state index is 0.141. The summed E-state index contributed by atoms with van der Waals surface area (Å²) in [6, 6.07) is 17.7. The molecule has 0 radical (unpaired) electrons. The molecule has 0 fully saturated rings. The van der Waals surface area contributed by atoms with E-state index in [4.69, 9.17) is 8.22 Å². The molecule has 294 valence electrons. The maximum absolute atomic E-state index is 10.1. The lowest BCUT2D eigenvalue weighted by atomic mass is 10.0. The molecule has 0 amide bonds. The molecule has 0 N–H and O–H groups in total. The van der Waals surface area contributed by atoms with E-state index in [9.17, 15) is 20.6 Å². The summed E-state index contributed by atoms with van der Waals surface area (Å²) in [5.74, 6) is 0. The van der Waals surface area contributed by atoms with Crippen LogP contribution >= 0.6 is 0 Å². The number of fused-ring (bicyclic) bond motifs is 9. The fraction of sp³-hybridized carbons (Fsp3) is 0. The van der Waals surface area contributed by atoms with E-state index in [-0.39, 0.29) is 43.6 Å². The second-order valence-electron chi connectivity index (χ2n) is 14.9. The predicted octanol–water partition coefficient (Wildman–Crippen LogP) is 16.0. The fourth-order valence-electron chi connectivity index (χ4n) is 8.50. The number of rotatable bonds is 6. The van der Waals surface area contributed by atoms with Crippen LogP contribution in [0.5, 0.6) is 0 Å². The van der Waals surface area contributed by atoms with E-state index in [0.29, 0.717) is 11.4 Å². The summed E-state index contributed by atoms with van der Waals surface area (Å²) in [4.78, 5) is 0. The largest absolute Gasteiger partial charge is 0.309 e. The van der Waals surface area contributed by atoms with Crippen LogP contribution in [-0.4, -0.2) is 13.7 Å². The van der Waals surface area contributed by atoms with E-state index in [1.807, 2.05) is 60.7 Å². The normalized spacial score (nSPS) is 16.5. The first-order valence-electron chi connectivity index (χ1n) is 30.5. The van der Waals surface area contributed by atoms with Crippen molar-refractivity contribution in [1.82, 2.24) is 13.7 Å². The fourth-order valence-corrected chi connectivity index (χ4v) is 8.50. The number of aromatic nitrogens is 3. The Balaban J connectivity index is 1.14. The second kappa shape index (κ2) is 14.1. The van der Waals surface area contributed by atoms with Gasteiger partial charge in [-0.15, -0.1) is 0 Å². The average molecular weight is 823 g/mol. The Morgan fingerprint density at radius 1 is 0.238 bits per heavy atom. The van der Waals surface area contributed by atoms with Crippen molar-refractivity contribution < 1.29 is 28.8 Å². The molecule has 0 spiro atoms. The Morgan fingerprint density at radius 3 is 1.00 bits per heavy atom. The topological polar surface area (TPSA) is 14.8 Å². The monoisotopic (exact) mass is 822 g/mol. The summed E-state index contributed by atoms with van der Waals surface area (Å²) in [5, 5.41) is -1.91. The highest BCUT2D eigenvalue weighted by Gasteiger charge is 2.18. The van der Waals surface area contributed by atoms with Crippen LogP contribution in [0.25, 0.3) is 116 Å². The molecular formula is C60H39N3. The molecule has 10 aromatic carbocycles. The molecule has 0 aliphatic rings. The Morgan fingerprint density at radius 2 is 0.571 bits per heavy atom. The molecule has 3 heterocycles. The molecule has 3 nitrogen and oxygen atoms in total. The predicted molar refractivity (Wildman–Crippen MR) is 266 cm³/mol. The van der Waals surface area contributed by atoms with Crippen LogP contribution in [0.4, 0.5) is 0 Å². The zero-order valence-electron chi connectivity index (χ0n) is 53.7. The van der Waals surface area contributed by atoms with Crippen molar-refractivity contribution in [3.63, 3.8) is 0 Å². The van der Waals surface area contributed by atoms with Crippen LogP contribution in [0.3, 0.4) is 0 Å². The van der Waals surface area contributed by atoms with Gasteiger partial charge in [0.05, 0.1) is 61.9 Å². The van der Waals surface area contributed by atoms with Crippen molar-refractivity contribution in [3.8, 4) is 50.4 Å².